The van der Waals surface area contributed by atoms with Gasteiger partial charge in [0.2, 0.25) is 0 Å². The van der Waals surface area contributed by atoms with Gasteiger partial charge in [0.1, 0.15) is 5.58 Å². The first-order valence-electron chi connectivity index (χ1n) is 25.5. The molecule has 0 aliphatic rings. The number of pyridine rings is 2. The number of benzene rings is 10. The molecule has 77 heavy (non-hydrogen) atoms. The summed E-state index contributed by atoms with van der Waals surface area (Å²) >= 11 is 0. The SMILES string of the molecule is [Ir+3].[c-]1ccc2c(oc3c4ccccc4ccc23)c1-c1nc2ccccc2n1-c1ccccc1.[c-]1ccccc1-c1cc(-c2cccc3c2c2cc(Cc4cc[c-]c(-c5ccccn5)c4)ccc2n3-c2ccccc2)ccn1. The second-order valence-electron chi connectivity index (χ2n) is 18.9. The molecule has 6 nitrogen and oxygen atoms in total. The molecular weight excluding hydrogens is 1120 g/mol. The van der Waals surface area contributed by atoms with Crippen molar-refractivity contribution in [2.24, 2.45) is 0 Å². The molecule has 0 aliphatic heterocycles. The normalized spacial score (nSPS) is 11.3. The van der Waals surface area contributed by atoms with Gasteiger partial charge >= 0.3 is 20.1 Å². The number of fused-ring (bicyclic) bond motifs is 9. The van der Waals surface area contributed by atoms with E-state index in [0.29, 0.717) is 0 Å². The number of furan rings is 1. The predicted octanol–water partition coefficient (Wildman–Crippen LogP) is 17.3. The van der Waals surface area contributed by atoms with Gasteiger partial charge in [-0.1, -0.05) is 132 Å². The van der Waals surface area contributed by atoms with Crippen LogP contribution < -0.4 is 0 Å². The maximum absolute atomic E-state index is 6.55. The van der Waals surface area contributed by atoms with Crippen LogP contribution in [0.15, 0.2) is 259 Å². The minimum Gasteiger partial charge on any atom is -0.500 e. The molecule has 0 unspecified atom stereocenters. The van der Waals surface area contributed by atoms with Gasteiger partial charge in [0.25, 0.3) is 0 Å². The second kappa shape index (κ2) is 20.3. The molecule has 0 aliphatic carbocycles. The summed E-state index contributed by atoms with van der Waals surface area (Å²) in [6.45, 7) is 0. The van der Waals surface area contributed by atoms with Gasteiger partial charge in [-0.15, -0.1) is 89.5 Å². The zero-order valence-corrected chi connectivity index (χ0v) is 43.8. The molecule has 15 aromatic rings. The van der Waals surface area contributed by atoms with Crippen LogP contribution in [0.1, 0.15) is 11.1 Å². The van der Waals surface area contributed by atoms with Crippen molar-refractivity contribution in [3.63, 3.8) is 0 Å². The molecular formula is C70H44IrN5O. The Bertz CT molecular complexity index is 4610. The number of imidazole rings is 1. The molecule has 0 saturated heterocycles. The predicted molar refractivity (Wildman–Crippen MR) is 310 cm³/mol. The van der Waals surface area contributed by atoms with E-state index in [9.17, 15) is 0 Å². The molecule has 364 valence electrons. The Morgan fingerprint density at radius 1 is 0.429 bits per heavy atom. The molecule has 0 saturated carbocycles. The van der Waals surface area contributed by atoms with E-state index in [4.69, 9.17) is 9.40 Å². The Morgan fingerprint density at radius 3 is 2.00 bits per heavy atom. The fourth-order valence-electron chi connectivity index (χ4n) is 10.8. The van der Waals surface area contributed by atoms with E-state index in [1.807, 2.05) is 97.3 Å². The summed E-state index contributed by atoms with van der Waals surface area (Å²) < 4.78 is 11.1. The van der Waals surface area contributed by atoms with E-state index >= 15 is 0 Å². The molecule has 5 heterocycles. The summed E-state index contributed by atoms with van der Waals surface area (Å²) in [6, 6.07) is 94.1. The zero-order chi connectivity index (χ0) is 50.4. The molecule has 0 fully saturated rings. The molecule has 7 heteroatoms. The maximum atomic E-state index is 6.55. The average Bonchev–Trinajstić information content (AvgIpc) is 4.34. The summed E-state index contributed by atoms with van der Waals surface area (Å²) in [6.07, 6.45) is 4.54. The van der Waals surface area contributed by atoms with Crippen LogP contribution in [0.25, 0.3) is 122 Å². The quantitative estimate of drug-likeness (QED) is 0.142. The third kappa shape index (κ3) is 8.68. The van der Waals surface area contributed by atoms with Crippen LogP contribution in [0.2, 0.25) is 0 Å². The number of aromatic nitrogens is 5. The zero-order valence-electron chi connectivity index (χ0n) is 41.4. The smallest absolute Gasteiger partial charge is 0.500 e. The van der Waals surface area contributed by atoms with Gasteiger partial charge in [0.05, 0.1) is 33.5 Å². The number of para-hydroxylation sites is 4. The number of hydrogen-bond donors (Lipinski definition) is 0. The monoisotopic (exact) mass is 1160 g/mol. The van der Waals surface area contributed by atoms with E-state index in [0.717, 1.165) is 95.6 Å². The molecule has 10 aromatic carbocycles. The van der Waals surface area contributed by atoms with E-state index in [1.165, 1.54) is 43.9 Å². The molecule has 0 amide bonds. The molecule has 0 spiro atoms. The van der Waals surface area contributed by atoms with Crippen LogP contribution in [-0.2, 0) is 26.5 Å². The van der Waals surface area contributed by atoms with Crippen LogP contribution in [0.4, 0.5) is 0 Å². The summed E-state index contributed by atoms with van der Waals surface area (Å²) in [5, 5.41) is 6.93. The van der Waals surface area contributed by atoms with Crippen LogP contribution in [0.3, 0.4) is 0 Å². The van der Waals surface area contributed by atoms with E-state index in [2.05, 4.69) is 195 Å². The second-order valence-corrected chi connectivity index (χ2v) is 18.9. The molecule has 5 aromatic heterocycles. The van der Waals surface area contributed by atoms with Gasteiger partial charge < -0.3 is 23.5 Å². The Hall–Kier alpha value is -9.52. The van der Waals surface area contributed by atoms with Gasteiger partial charge in [0.15, 0.2) is 0 Å². The van der Waals surface area contributed by atoms with Gasteiger partial charge in [-0.05, 0) is 107 Å². The van der Waals surface area contributed by atoms with Crippen molar-refractivity contribution in [1.82, 2.24) is 24.1 Å². The van der Waals surface area contributed by atoms with Gasteiger partial charge in [-0.25, -0.2) is 0 Å². The summed E-state index contributed by atoms with van der Waals surface area (Å²) in [5.74, 6) is 0.825. The third-order valence-electron chi connectivity index (χ3n) is 14.3. The Labute approximate surface area is 458 Å². The molecule has 0 atom stereocenters. The van der Waals surface area contributed by atoms with Crippen molar-refractivity contribution in [2.45, 2.75) is 6.42 Å². The number of nitrogens with zero attached hydrogens (tertiary/aromatic N) is 5. The largest absolute Gasteiger partial charge is 3.00 e. The summed E-state index contributed by atoms with van der Waals surface area (Å²) in [4.78, 5) is 14.2. The van der Waals surface area contributed by atoms with Crippen molar-refractivity contribution in [1.29, 1.82) is 0 Å². The van der Waals surface area contributed by atoms with Crippen molar-refractivity contribution in [3.8, 4) is 56.4 Å². The Morgan fingerprint density at radius 2 is 1.16 bits per heavy atom. The maximum Gasteiger partial charge on any atom is 3.00 e. The van der Waals surface area contributed by atoms with Gasteiger partial charge in [-0.2, -0.15) is 0 Å². The molecule has 0 radical (unpaired) electrons. The van der Waals surface area contributed by atoms with E-state index in [-0.39, 0.29) is 20.1 Å². The third-order valence-corrected chi connectivity index (χ3v) is 14.3. The topological polar surface area (TPSA) is 61.7 Å². The fourth-order valence-corrected chi connectivity index (χ4v) is 10.8. The summed E-state index contributed by atoms with van der Waals surface area (Å²) in [5.41, 5.74) is 17.8. The van der Waals surface area contributed by atoms with E-state index < -0.39 is 0 Å². The first-order chi connectivity index (χ1) is 37.7. The van der Waals surface area contributed by atoms with Crippen LogP contribution in [-0.4, -0.2) is 24.1 Å². The first kappa shape index (κ1) is 47.2. The first-order valence-corrected chi connectivity index (χ1v) is 25.5. The Balaban J connectivity index is 0.000000152. The minimum absolute atomic E-state index is 0. The molecule has 0 N–H and O–H groups in total. The van der Waals surface area contributed by atoms with Crippen LogP contribution in [0, 0.1) is 18.2 Å². The van der Waals surface area contributed by atoms with E-state index in [1.54, 1.807) is 0 Å². The van der Waals surface area contributed by atoms with Gasteiger partial charge in [0, 0.05) is 45.3 Å². The Kier molecular flexibility index (Phi) is 12.4. The van der Waals surface area contributed by atoms with Crippen LogP contribution in [0.5, 0.6) is 0 Å². The van der Waals surface area contributed by atoms with Crippen molar-refractivity contribution < 1.29 is 24.5 Å². The molecule has 0 bridgehead atoms. The van der Waals surface area contributed by atoms with Crippen molar-refractivity contribution in [2.75, 3.05) is 0 Å². The van der Waals surface area contributed by atoms with Crippen molar-refractivity contribution >= 4 is 65.6 Å². The fraction of sp³-hybridized carbons (Fsp3) is 0.0143. The molecule has 15 rings (SSSR count). The van der Waals surface area contributed by atoms with Crippen LogP contribution >= 0.6 is 0 Å². The van der Waals surface area contributed by atoms with Crippen molar-refractivity contribution in [3.05, 3.63) is 284 Å². The number of hydrogen-bond acceptors (Lipinski definition) is 4. The standard InChI is InChI=1S/C41H27N3.C29H17N2O.Ir/c1-3-12-31(13-4-1)38-28-32(22-24-43-38)35-17-10-19-40-41(35)36-27-30(20-21-39(36)44(40)34-15-5-2-6-16-34)25-29-11-9-14-33(26-29)37-18-7-8-23-42-37;1-2-10-20(11-3-1)31-26-16-7-6-15-25(26)30-29(31)24-14-8-13-22-23-18-17-19-9-4-5-12-21(19)27(23)32-28(22)24;/h1-12,15-24,26-28H,25H2;1-13,15-18H;/q-2;-1;+3. The minimum atomic E-state index is 0. The number of rotatable bonds is 8. The summed E-state index contributed by atoms with van der Waals surface area (Å²) in [7, 11) is 0. The van der Waals surface area contributed by atoms with Gasteiger partial charge in [-0.3, -0.25) is 4.98 Å². The average molecular weight is 1160 g/mol.